The molecule has 236 valence electrons. The highest BCUT2D eigenvalue weighted by Crippen LogP contribution is 2.46. The third kappa shape index (κ3) is 5.68. The van der Waals surface area contributed by atoms with Crippen molar-refractivity contribution in [1.29, 1.82) is 0 Å². The van der Waals surface area contributed by atoms with Crippen LogP contribution in [0.4, 0.5) is 16.4 Å². The summed E-state index contributed by atoms with van der Waals surface area (Å²) in [6.07, 6.45) is 2.46. The van der Waals surface area contributed by atoms with E-state index in [0.717, 1.165) is 75.4 Å². The molecule has 2 aromatic heterocycles. The van der Waals surface area contributed by atoms with Crippen molar-refractivity contribution < 1.29 is 19.2 Å². The maximum Gasteiger partial charge on any atom is 0.411 e. The van der Waals surface area contributed by atoms with Crippen LogP contribution in [0, 0.1) is 0 Å². The van der Waals surface area contributed by atoms with Crippen molar-refractivity contribution in [1.82, 2.24) is 14.9 Å². The van der Waals surface area contributed by atoms with E-state index in [1.54, 1.807) is 0 Å². The quantitative estimate of drug-likeness (QED) is 0.159. The molecule has 2 fully saturated rings. The molecular formula is C35H35BrN6O4. The van der Waals surface area contributed by atoms with Gasteiger partial charge in [0.25, 0.3) is 0 Å². The van der Waals surface area contributed by atoms with Gasteiger partial charge in [-0.3, -0.25) is 4.90 Å². The molecule has 11 heteroatoms. The number of anilines is 2. The van der Waals surface area contributed by atoms with Crippen LogP contribution < -0.4 is 9.80 Å². The van der Waals surface area contributed by atoms with Crippen LogP contribution in [0.25, 0.3) is 22.0 Å². The van der Waals surface area contributed by atoms with E-state index in [1.807, 2.05) is 75.5 Å². The van der Waals surface area contributed by atoms with E-state index in [2.05, 4.69) is 48.0 Å². The number of hydrogen-bond acceptors (Lipinski definition) is 9. The predicted molar refractivity (Wildman–Crippen MR) is 181 cm³/mol. The molecule has 2 saturated heterocycles. The zero-order valence-corrected chi connectivity index (χ0v) is 27.7. The third-order valence-corrected chi connectivity index (χ3v) is 9.04. The van der Waals surface area contributed by atoms with Gasteiger partial charge in [0.2, 0.25) is 0 Å². The van der Waals surface area contributed by atoms with E-state index in [4.69, 9.17) is 14.6 Å². The lowest BCUT2D eigenvalue weighted by Gasteiger charge is -2.37. The first kappa shape index (κ1) is 30.2. The number of carbonyl (C=O) groups is 2. The maximum atomic E-state index is 13.5. The minimum absolute atomic E-state index is 0.427. The number of nitrogens with zero attached hydrogens (tertiary/aromatic N) is 6. The van der Waals surface area contributed by atoms with Crippen molar-refractivity contribution >= 4 is 56.2 Å². The molecule has 0 radical (unpaired) electrons. The first-order valence-corrected chi connectivity index (χ1v) is 16.4. The number of oxime groups is 1. The largest absolute Gasteiger partial charge is 0.444 e. The van der Waals surface area contributed by atoms with Gasteiger partial charge in [-0.25, -0.2) is 19.6 Å². The number of hydrogen-bond donors (Lipinski definition) is 0. The molecule has 2 aromatic carbocycles. The zero-order chi connectivity index (χ0) is 32.0. The summed E-state index contributed by atoms with van der Waals surface area (Å²) in [6, 6.07) is 19.3. The van der Waals surface area contributed by atoms with Crippen LogP contribution in [-0.4, -0.2) is 77.0 Å². The number of benzene rings is 2. The molecular weight excluding hydrogens is 648 g/mol. The van der Waals surface area contributed by atoms with Gasteiger partial charge in [0.15, 0.2) is 0 Å². The van der Waals surface area contributed by atoms with E-state index < -0.39 is 23.7 Å². The van der Waals surface area contributed by atoms with Crippen molar-refractivity contribution in [2.75, 3.05) is 42.5 Å². The molecule has 10 nitrogen and oxygen atoms in total. The van der Waals surface area contributed by atoms with E-state index >= 15 is 0 Å². The zero-order valence-electron chi connectivity index (χ0n) is 26.1. The topological polar surface area (TPSA) is 100 Å². The SMILES string of the molecule is CC(C)(C)OC(=O)N1CCC[C@H]1C(=O)O/N=C1\c2ccccc2-c2c1c(N1CCN(c3ccccn3)CC1)nc1ccc(Br)cc21. The molecule has 1 atom stereocenters. The van der Waals surface area contributed by atoms with Crippen molar-refractivity contribution in [3.05, 3.63) is 82.5 Å². The summed E-state index contributed by atoms with van der Waals surface area (Å²) in [5.41, 5.74) is 4.46. The summed E-state index contributed by atoms with van der Waals surface area (Å²) in [6.45, 7) is 8.87. The number of ether oxygens (including phenoxy) is 1. The number of rotatable bonds is 4. The highest BCUT2D eigenvalue weighted by molar-refractivity contribution is 9.10. The van der Waals surface area contributed by atoms with E-state index in [0.29, 0.717) is 25.1 Å². The number of aromatic nitrogens is 2. The summed E-state index contributed by atoms with van der Waals surface area (Å²) in [5.74, 6) is 1.18. The summed E-state index contributed by atoms with van der Waals surface area (Å²) < 4.78 is 6.50. The second-order valence-corrected chi connectivity index (χ2v) is 13.7. The Hall–Kier alpha value is -4.51. The lowest BCUT2D eigenvalue weighted by molar-refractivity contribution is -0.148. The fourth-order valence-corrected chi connectivity index (χ4v) is 6.84. The van der Waals surface area contributed by atoms with Gasteiger partial charge in [0.1, 0.15) is 29.0 Å². The highest BCUT2D eigenvalue weighted by atomic mass is 79.9. The molecule has 4 heterocycles. The first-order valence-electron chi connectivity index (χ1n) is 15.6. The molecule has 0 bridgehead atoms. The Bertz CT molecular complexity index is 1850. The molecule has 46 heavy (non-hydrogen) atoms. The lowest BCUT2D eigenvalue weighted by Crippen LogP contribution is -2.47. The number of pyridine rings is 2. The summed E-state index contributed by atoms with van der Waals surface area (Å²) in [7, 11) is 0. The molecule has 2 aliphatic heterocycles. The molecule has 1 aliphatic carbocycles. The summed E-state index contributed by atoms with van der Waals surface area (Å²) in [4.78, 5) is 47.8. The van der Waals surface area contributed by atoms with Gasteiger partial charge in [0.05, 0.1) is 11.1 Å². The Morgan fingerprint density at radius 1 is 0.913 bits per heavy atom. The van der Waals surface area contributed by atoms with Crippen LogP contribution in [0.15, 0.2) is 76.5 Å². The van der Waals surface area contributed by atoms with Crippen molar-refractivity contribution in [2.24, 2.45) is 5.16 Å². The average Bonchev–Trinajstić information content (AvgIpc) is 3.67. The smallest absolute Gasteiger partial charge is 0.411 e. The van der Waals surface area contributed by atoms with Gasteiger partial charge in [-0.1, -0.05) is 51.4 Å². The van der Waals surface area contributed by atoms with Gasteiger partial charge in [-0.2, -0.15) is 0 Å². The average molecular weight is 684 g/mol. The van der Waals surface area contributed by atoms with Gasteiger partial charge in [0, 0.05) is 59.9 Å². The number of halogens is 1. The van der Waals surface area contributed by atoms with Crippen molar-refractivity contribution in [2.45, 2.75) is 45.3 Å². The second kappa shape index (κ2) is 12.0. The van der Waals surface area contributed by atoms with Gasteiger partial charge in [-0.15, -0.1) is 0 Å². The normalized spacial score (nSPS) is 18.6. The number of amides is 1. The van der Waals surface area contributed by atoms with Gasteiger partial charge >= 0.3 is 12.1 Å². The number of carbonyl (C=O) groups excluding carboxylic acids is 2. The summed E-state index contributed by atoms with van der Waals surface area (Å²) >= 11 is 3.65. The third-order valence-electron chi connectivity index (χ3n) is 8.55. The van der Waals surface area contributed by atoms with Crippen LogP contribution >= 0.6 is 15.9 Å². The van der Waals surface area contributed by atoms with Crippen LogP contribution in [0.1, 0.15) is 44.7 Å². The maximum absolute atomic E-state index is 13.5. The van der Waals surface area contributed by atoms with E-state index in [-0.39, 0.29) is 0 Å². The molecule has 1 amide bonds. The highest BCUT2D eigenvalue weighted by Gasteiger charge is 2.39. The molecule has 7 rings (SSSR count). The van der Waals surface area contributed by atoms with Gasteiger partial charge in [-0.05, 0) is 69.5 Å². The van der Waals surface area contributed by atoms with Crippen LogP contribution in [0.5, 0.6) is 0 Å². The Morgan fingerprint density at radius 2 is 1.65 bits per heavy atom. The van der Waals surface area contributed by atoms with Crippen molar-refractivity contribution in [3.63, 3.8) is 0 Å². The molecule has 0 N–H and O–H groups in total. The monoisotopic (exact) mass is 682 g/mol. The fourth-order valence-electron chi connectivity index (χ4n) is 6.48. The lowest BCUT2D eigenvalue weighted by atomic mass is 10.0. The van der Waals surface area contributed by atoms with Crippen molar-refractivity contribution in [3.8, 4) is 11.1 Å². The van der Waals surface area contributed by atoms with E-state index in [9.17, 15) is 9.59 Å². The molecule has 0 saturated carbocycles. The molecule has 0 spiro atoms. The van der Waals surface area contributed by atoms with E-state index in [1.165, 1.54) is 4.90 Å². The number of fused-ring (bicyclic) bond motifs is 5. The Balaban J connectivity index is 1.26. The minimum Gasteiger partial charge on any atom is -0.444 e. The standard InChI is InChI=1S/C35H35BrN6O4/c1-35(2,3)45-34(44)42-16-8-11-27(42)33(43)46-39-31-24-10-5-4-9-23(24)29-25-21-22(36)13-14-26(25)38-32(30(29)31)41-19-17-40(18-20-41)28-12-6-7-15-37-28/h4-7,9-10,12-15,21,27H,8,11,16-20H2,1-3H3/b39-31+/t27-/m0/s1. The fraction of sp³-hybridized carbons (Fsp3) is 0.343. The Morgan fingerprint density at radius 3 is 2.39 bits per heavy atom. The Labute approximate surface area is 276 Å². The molecule has 0 unspecified atom stereocenters. The summed E-state index contributed by atoms with van der Waals surface area (Å²) in [5, 5.41) is 5.54. The number of piperazine rings is 1. The number of likely N-dealkylation sites (tertiary alicyclic amines) is 1. The van der Waals surface area contributed by atoms with Crippen LogP contribution in [-0.2, 0) is 14.4 Å². The van der Waals surface area contributed by atoms with Crippen LogP contribution in [0.2, 0.25) is 0 Å². The van der Waals surface area contributed by atoms with Gasteiger partial charge < -0.3 is 19.4 Å². The molecule has 3 aliphatic rings. The second-order valence-electron chi connectivity index (χ2n) is 12.7. The predicted octanol–water partition coefficient (Wildman–Crippen LogP) is 6.39. The Kier molecular flexibility index (Phi) is 7.88. The van der Waals surface area contributed by atoms with Crippen LogP contribution in [0.3, 0.4) is 0 Å². The molecule has 4 aromatic rings. The minimum atomic E-state index is -0.764. The first-order chi connectivity index (χ1) is 22.2.